The first-order valence-corrected chi connectivity index (χ1v) is 12.1. The number of aromatic nitrogens is 1. The summed E-state index contributed by atoms with van der Waals surface area (Å²) in [7, 11) is 0. The van der Waals surface area contributed by atoms with Gasteiger partial charge in [0.1, 0.15) is 18.0 Å². The van der Waals surface area contributed by atoms with Gasteiger partial charge in [0, 0.05) is 34.9 Å². The summed E-state index contributed by atoms with van der Waals surface area (Å²) in [5.74, 6) is 0.264. The molecule has 1 atom stereocenters. The number of thiophene rings is 1. The highest BCUT2D eigenvalue weighted by Gasteiger charge is 2.26. The summed E-state index contributed by atoms with van der Waals surface area (Å²) < 4.78 is 22.5. The second kappa shape index (κ2) is 8.32. The lowest BCUT2D eigenvalue weighted by Crippen LogP contribution is -2.35. The third-order valence-electron chi connectivity index (χ3n) is 6.53. The maximum absolute atomic E-state index is 15.3. The Morgan fingerprint density at radius 3 is 3.09 bits per heavy atom. The molecule has 3 heterocycles. The van der Waals surface area contributed by atoms with Crippen molar-refractivity contribution in [1.29, 1.82) is 0 Å². The molecule has 168 valence electrons. The van der Waals surface area contributed by atoms with E-state index in [-0.39, 0.29) is 5.82 Å². The summed E-state index contributed by atoms with van der Waals surface area (Å²) in [4.78, 5) is 6.39. The largest absolute Gasteiger partial charge is 0.489 e. The minimum absolute atomic E-state index is 0.296. The highest BCUT2D eigenvalue weighted by atomic mass is 32.1. The third kappa shape index (κ3) is 3.71. The Kier molecular flexibility index (Phi) is 5.15. The minimum atomic E-state index is -0.528. The average Bonchev–Trinajstić information content (AvgIpc) is 3.42. The van der Waals surface area contributed by atoms with Gasteiger partial charge in [-0.1, -0.05) is 18.2 Å². The summed E-state index contributed by atoms with van der Waals surface area (Å²) >= 11 is 1.75. The van der Waals surface area contributed by atoms with Crippen molar-refractivity contribution in [2.45, 2.75) is 25.4 Å². The molecule has 0 radical (unpaired) electrons. The van der Waals surface area contributed by atoms with Crippen molar-refractivity contribution in [3.63, 3.8) is 0 Å². The number of ether oxygens (including phenoxy) is 1. The van der Waals surface area contributed by atoms with Crippen LogP contribution in [0, 0.1) is 5.82 Å². The van der Waals surface area contributed by atoms with Crippen molar-refractivity contribution < 1.29 is 14.2 Å². The standard InChI is InChI=1S/C26H24FN3O2S/c27-20-13-17(29-21-7-9-28-25-19(21)5-6-22(25)31)14-23-26(20)30(11-12-32-23)10-8-16-15-33-24-4-2-1-3-18(16)24/h1-4,7,9,13-15,22,31H,5-6,8,10-12H2,(H,28,29). The highest BCUT2D eigenvalue weighted by molar-refractivity contribution is 7.17. The molecule has 1 unspecified atom stereocenters. The van der Waals surface area contributed by atoms with Crippen LogP contribution < -0.4 is 15.0 Å². The molecular formula is C26H24FN3O2S. The monoisotopic (exact) mass is 461 g/mol. The molecule has 2 aromatic heterocycles. The average molecular weight is 462 g/mol. The van der Waals surface area contributed by atoms with Crippen LogP contribution >= 0.6 is 11.3 Å². The Hall–Kier alpha value is -3.16. The molecule has 1 aliphatic carbocycles. The molecule has 2 aromatic carbocycles. The fourth-order valence-corrected chi connectivity index (χ4v) is 5.89. The number of fused-ring (bicyclic) bond motifs is 3. The number of benzene rings is 2. The summed E-state index contributed by atoms with van der Waals surface area (Å²) in [5, 5.41) is 16.9. The van der Waals surface area contributed by atoms with Crippen LogP contribution in [0.5, 0.6) is 5.75 Å². The quantitative estimate of drug-likeness (QED) is 0.405. The van der Waals surface area contributed by atoms with Crippen molar-refractivity contribution in [3.8, 4) is 5.75 Å². The van der Waals surface area contributed by atoms with Gasteiger partial charge >= 0.3 is 0 Å². The van der Waals surface area contributed by atoms with Crippen LogP contribution in [0.15, 0.2) is 54.0 Å². The minimum Gasteiger partial charge on any atom is -0.489 e. The molecule has 6 rings (SSSR count). The van der Waals surface area contributed by atoms with E-state index in [2.05, 4.69) is 44.8 Å². The number of hydrogen-bond donors (Lipinski definition) is 2. The molecule has 0 saturated carbocycles. The van der Waals surface area contributed by atoms with Crippen molar-refractivity contribution in [3.05, 3.63) is 76.7 Å². The molecule has 2 N–H and O–H groups in total. The van der Waals surface area contributed by atoms with Crippen LogP contribution in [-0.2, 0) is 12.8 Å². The topological polar surface area (TPSA) is 57.6 Å². The highest BCUT2D eigenvalue weighted by Crippen LogP contribution is 2.40. The van der Waals surface area contributed by atoms with Crippen molar-refractivity contribution in [2.75, 3.05) is 29.9 Å². The fraction of sp³-hybridized carbons (Fsp3) is 0.269. The van der Waals surface area contributed by atoms with Gasteiger partial charge < -0.3 is 20.1 Å². The molecule has 0 saturated heterocycles. The Morgan fingerprint density at radius 1 is 1.24 bits per heavy atom. The number of nitrogens with one attached hydrogen (secondary N) is 1. The van der Waals surface area contributed by atoms with Crippen LogP contribution in [-0.4, -0.2) is 29.8 Å². The van der Waals surface area contributed by atoms with Crippen molar-refractivity contribution in [1.82, 2.24) is 4.98 Å². The maximum Gasteiger partial charge on any atom is 0.152 e. The normalized spacial score (nSPS) is 17.0. The second-order valence-corrected chi connectivity index (χ2v) is 9.46. The van der Waals surface area contributed by atoms with E-state index in [0.717, 1.165) is 30.6 Å². The van der Waals surface area contributed by atoms with Gasteiger partial charge in [-0.25, -0.2) is 4.39 Å². The van der Waals surface area contributed by atoms with Crippen LogP contribution in [0.2, 0.25) is 0 Å². The number of aliphatic hydroxyl groups excluding tert-OH is 1. The zero-order chi connectivity index (χ0) is 22.4. The predicted octanol–water partition coefficient (Wildman–Crippen LogP) is 5.60. The predicted molar refractivity (Wildman–Crippen MR) is 130 cm³/mol. The van der Waals surface area contributed by atoms with E-state index in [0.29, 0.717) is 42.4 Å². The lowest BCUT2D eigenvalue weighted by molar-refractivity contribution is 0.176. The van der Waals surface area contributed by atoms with Crippen molar-refractivity contribution >= 4 is 38.5 Å². The lowest BCUT2D eigenvalue weighted by Gasteiger charge is -2.32. The van der Waals surface area contributed by atoms with Crippen LogP contribution in [0.3, 0.4) is 0 Å². The van der Waals surface area contributed by atoms with Crippen molar-refractivity contribution in [2.24, 2.45) is 0 Å². The maximum atomic E-state index is 15.3. The van der Waals surface area contributed by atoms with Gasteiger partial charge in [0.05, 0.1) is 18.3 Å². The molecule has 0 bridgehead atoms. The molecule has 0 fully saturated rings. The van der Waals surface area contributed by atoms with Gasteiger partial charge in [-0.05, 0) is 59.4 Å². The van der Waals surface area contributed by atoms with Gasteiger partial charge in [-0.3, -0.25) is 4.98 Å². The number of pyridine rings is 1. The number of halogens is 1. The van der Waals surface area contributed by atoms with E-state index < -0.39 is 6.10 Å². The number of nitrogens with zero attached hydrogens (tertiary/aromatic N) is 2. The Balaban J connectivity index is 1.24. The summed E-state index contributed by atoms with van der Waals surface area (Å²) in [5.41, 5.74) is 5.02. The summed E-state index contributed by atoms with van der Waals surface area (Å²) in [6, 6.07) is 13.7. The zero-order valence-corrected chi connectivity index (χ0v) is 18.9. The fourth-order valence-electron chi connectivity index (χ4n) is 4.89. The number of anilines is 3. The van der Waals surface area contributed by atoms with E-state index in [4.69, 9.17) is 4.74 Å². The smallest absolute Gasteiger partial charge is 0.152 e. The van der Waals surface area contributed by atoms with Crippen LogP contribution in [0.4, 0.5) is 21.5 Å². The van der Waals surface area contributed by atoms with Gasteiger partial charge in [-0.15, -0.1) is 11.3 Å². The molecular weight excluding hydrogens is 437 g/mol. The zero-order valence-electron chi connectivity index (χ0n) is 18.1. The second-order valence-electron chi connectivity index (χ2n) is 8.55. The van der Waals surface area contributed by atoms with E-state index in [1.807, 2.05) is 12.1 Å². The summed E-state index contributed by atoms with van der Waals surface area (Å²) in [6.07, 6.45) is 3.42. The van der Waals surface area contributed by atoms with Crippen LogP contribution in [0.1, 0.15) is 29.3 Å². The summed E-state index contributed by atoms with van der Waals surface area (Å²) in [6.45, 7) is 1.92. The number of rotatable bonds is 5. The first kappa shape index (κ1) is 20.4. The SMILES string of the molecule is OC1CCc2c(Nc3cc(F)c4c(c3)OCCN4CCc3csc4ccccc34)ccnc21. The van der Waals surface area contributed by atoms with E-state index in [9.17, 15) is 5.11 Å². The van der Waals surface area contributed by atoms with E-state index in [1.165, 1.54) is 21.7 Å². The Bertz CT molecular complexity index is 1340. The van der Waals surface area contributed by atoms with E-state index >= 15 is 4.39 Å². The van der Waals surface area contributed by atoms with Crippen LogP contribution in [0.25, 0.3) is 10.1 Å². The third-order valence-corrected chi connectivity index (χ3v) is 7.54. The Labute approximate surface area is 195 Å². The molecule has 0 spiro atoms. The molecule has 1 aliphatic heterocycles. The van der Waals surface area contributed by atoms with Gasteiger partial charge in [0.2, 0.25) is 0 Å². The first-order chi connectivity index (χ1) is 16.2. The number of aliphatic hydroxyl groups is 1. The Morgan fingerprint density at radius 2 is 2.15 bits per heavy atom. The molecule has 4 aromatic rings. The number of hydrogen-bond acceptors (Lipinski definition) is 6. The molecule has 33 heavy (non-hydrogen) atoms. The first-order valence-electron chi connectivity index (χ1n) is 11.3. The molecule has 2 aliphatic rings. The molecule has 7 heteroatoms. The van der Waals surface area contributed by atoms with Gasteiger partial charge in [0.15, 0.2) is 5.82 Å². The molecule has 5 nitrogen and oxygen atoms in total. The lowest BCUT2D eigenvalue weighted by atomic mass is 10.1. The van der Waals surface area contributed by atoms with E-state index in [1.54, 1.807) is 17.5 Å². The van der Waals surface area contributed by atoms with Gasteiger partial charge in [0.25, 0.3) is 0 Å². The van der Waals surface area contributed by atoms with Gasteiger partial charge in [-0.2, -0.15) is 0 Å². The molecule has 0 amide bonds.